The van der Waals surface area contributed by atoms with E-state index in [1.165, 1.54) is 19.2 Å². The number of halogens is 4. The van der Waals surface area contributed by atoms with Crippen molar-refractivity contribution in [3.63, 3.8) is 0 Å². The van der Waals surface area contributed by atoms with Gasteiger partial charge in [0, 0.05) is 16.7 Å². The van der Waals surface area contributed by atoms with Crippen LogP contribution < -0.4 is 10.1 Å². The van der Waals surface area contributed by atoms with E-state index in [1.54, 1.807) is 6.92 Å². The van der Waals surface area contributed by atoms with E-state index in [1.807, 2.05) is 0 Å². The molecule has 0 aliphatic carbocycles. The maximum absolute atomic E-state index is 16.0. The molecule has 2 aromatic carbocycles. The molecule has 1 atom stereocenters. The number of thiophene rings is 1. The molecule has 1 aromatic heterocycles. The Morgan fingerprint density at radius 1 is 1.10 bits per heavy atom. The second kappa shape index (κ2) is 7.69. The summed E-state index contributed by atoms with van der Waals surface area (Å²) in [5.41, 5.74) is -3.00. The highest BCUT2D eigenvalue weighted by molar-refractivity contribution is 7.21. The molecule has 0 spiro atoms. The van der Waals surface area contributed by atoms with Crippen LogP contribution in [0.25, 0.3) is 11.1 Å². The number of methoxy groups -OCH3 is 1. The van der Waals surface area contributed by atoms with Crippen molar-refractivity contribution in [2.24, 2.45) is 0 Å². The molecule has 0 bridgehead atoms. The Hall–Kier alpha value is -2.84. The number of amides is 1. The van der Waals surface area contributed by atoms with E-state index < -0.39 is 29.0 Å². The van der Waals surface area contributed by atoms with Gasteiger partial charge in [0.05, 0.1) is 12.7 Å². The Morgan fingerprint density at radius 2 is 1.77 bits per heavy atom. The number of aryl methyl sites for hydroxylation is 1. The van der Waals surface area contributed by atoms with Crippen molar-refractivity contribution in [2.75, 3.05) is 12.4 Å². The van der Waals surface area contributed by atoms with Crippen molar-refractivity contribution in [2.45, 2.75) is 19.0 Å². The van der Waals surface area contributed by atoms with Gasteiger partial charge in [-0.3, -0.25) is 9.59 Å². The SMILES string of the molecule is CCc1ccc(-c2c(Cl)sc3c2C(=O)C(F)(c2ccc(F)cc2)C(=O)N3)c(OC)c1F. The van der Waals surface area contributed by atoms with Gasteiger partial charge in [-0.1, -0.05) is 42.8 Å². The molecule has 9 heteroatoms. The Labute approximate surface area is 184 Å². The minimum atomic E-state index is -3.10. The lowest BCUT2D eigenvalue weighted by molar-refractivity contribution is -0.125. The fourth-order valence-electron chi connectivity index (χ4n) is 3.62. The summed E-state index contributed by atoms with van der Waals surface area (Å²) in [5.74, 6) is -3.78. The van der Waals surface area contributed by atoms with Crippen LogP contribution in [-0.4, -0.2) is 18.8 Å². The molecule has 2 heterocycles. The predicted molar refractivity (Wildman–Crippen MR) is 113 cm³/mol. The summed E-state index contributed by atoms with van der Waals surface area (Å²) >= 11 is 7.22. The summed E-state index contributed by atoms with van der Waals surface area (Å²) in [6.07, 6.45) is 0.408. The lowest BCUT2D eigenvalue weighted by Gasteiger charge is -2.28. The number of rotatable bonds is 4. The van der Waals surface area contributed by atoms with Crippen LogP contribution in [0.1, 0.15) is 28.4 Å². The molecule has 1 amide bonds. The number of ether oxygens (including phenoxy) is 1. The first-order valence-electron chi connectivity index (χ1n) is 9.23. The summed E-state index contributed by atoms with van der Waals surface area (Å²) in [6, 6.07) is 7.04. The lowest BCUT2D eigenvalue weighted by Crippen LogP contribution is -2.47. The monoisotopic (exact) mass is 465 g/mol. The maximum atomic E-state index is 16.0. The van der Waals surface area contributed by atoms with E-state index in [2.05, 4.69) is 5.32 Å². The number of carbonyl (C=O) groups is 2. The highest BCUT2D eigenvalue weighted by atomic mass is 35.5. The summed E-state index contributed by atoms with van der Waals surface area (Å²) in [5, 5.41) is 2.42. The van der Waals surface area contributed by atoms with Gasteiger partial charge in [0.25, 0.3) is 11.6 Å². The third-order valence-corrected chi connectivity index (χ3v) is 6.53. The second-order valence-corrected chi connectivity index (χ2v) is 8.50. The van der Waals surface area contributed by atoms with E-state index in [0.29, 0.717) is 12.0 Å². The number of benzene rings is 2. The van der Waals surface area contributed by atoms with Crippen LogP contribution in [0.4, 0.5) is 18.2 Å². The first kappa shape index (κ1) is 21.4. The van der Waals surface area contributed by atoms with Gasteiger partial charge in [0.2, 0.25) is 5.78 Å². The first-order chi connectivity index (χ1) is 14.7. The minimum absolute atomic E-state index is 0.0485. The molecule has 31 heavy (non-hydrogen) atoms. The number of Topliss-reactive ketones (excluding diaryl/α,β-unsaturated/α-hetero) is 1. The van der Waals surface area contributed by atoms with Crippen LogP contribution in [0.15, 0.2) is 36.4 Å². The number of nitrogens with one attached hydrogen (secondary N) is 1. The highest BCUT2D eigenvalue weighted by Crippen LogP contribution is 2.52. The zero-order valence-electron chi connectivity index (χ0n) is 16.3. The second-order valence-electron chi connectivity index (χ2n) is 6.88. The van der Waals surface area contributed by atoms with E-state index >= 15 is 4.39 Å². The minimum Gasteiger partial charge on any atom is -0.493 e. The molecule has 0 saturated heterocycles. The average Bonchev–Trinajstić information content (AvgIpc) is 3.07. The van der Waals surface area contributed by atoms with Crippen molar-refractivity contribution in [1.29, 1.82) is 0 Å². The molecule has 1 aliphatic heterocycles. The van der Waals surface area contributed by atoms with Gasteiger partial charge in [-0.2, -0.15) is 0 Å². The molecule has 0 fully saturated rings. The molecule has 4 rings (SSSR count). The van der Waals surface area contributed by atoms with Crippen LogP contribution in [0.2, 0.25) is 4.34 Å². The molecule has 1 unspecified atom stereocenters. The zero-order valence-corrected chi connectivity index (χ0v) is 17.9. The summed E-state index contributed by atoms with van der Waals surface area (Å²) in [7, 11) is 1.27. The Morgan fingerprint density at radius 3 is 2.39 bits per heavy atom. The molecule has 0 radical (unpaired) electrons. The average molecular weight is 466 g/mol. The lowest BCUT2D eigenvalue weighted by atomic mass is 9.82. The third kappa shape index (κ3) is 3.13. The van der Waals surface area contributed by atoms with Crippen molar-refractivity contribution >= 4 is 39.6 Å². The molecular formula is C22H15ClF3NO3S. The Kier molecular flexibility index (Phi) is 5.31. The number of hydrogen-bond donors (Lipinski definition) is 1. The zero-order chi connectivity index (χ0) is 22.5. The summed E-state index contributed by atoms with van der Waals surface area (Å²) in [4.78, 5) is 25.9. The van der Waals surface area contributed by atoms with Gasteiger partial charge in [-0.15, -0.1) is 11.3 Å². The standard InChI is InChI=1S/C22H15ClF3NO3S/c1-3-10-4-9-13(17(30-2)16(10)25)14-15-18(28)22(26,11-5-7-12(24)8-6-11)21(29)27-20(15)31-19(14)23/h4-9H,3H2,1-2H3,(H,27,29). The highest BCUT2D eigenvalue weighted by Gasteiger charge is 2.54. The number of carbonyl (C=O) groups excluding carboxylic acids is 2. The topological polar surface area (TPSA) is 55.4 Å². The van der Waals surface area contributed by atoms with Gasteiger partial charge in [-0.05, 0) is 24.1 Å². The van der Waals surface area contributed by atoms with Crippen LogP contribution in [0.5, 0.6) is 5.75 Å². The molecule has 1 aliphatic rings. The molecular weight excluding hydrogens is 451 g/mol. The fraction of sp³-hybridized carbons (Fsp3) is 0.182. The van der Waals surface area contributed by atoms with Gasteiger partial charge >= 0.3 is 0 Å². The van der Waals surface area contributed by atoms with Crippen LogP contribution >= 0.6 is 22.9 Å². The van der Waals surface area contributed by atoms with Crippen molar-refractivity contribution in [3.05, 3.63) is 69.1 Å². The molecule has 3 aromatic rings. The first-order valence-corrected chi connectivity index (χ1v) is 10.4. The molecule has 160 valence electrons. The Balaban J connectivity index is 1.95. The number of hydrogen-bond acceptors (Lipinski definition) is 4. The van der Waals surface area contributed by atoms with Crippen LogP contribution in [0.3, 0.4) is 0 Å². The van der Waals surface area contributed by atoms with Gasteiger partial charge in [0.1, 0.15) is 15.2 Å². The van der Waals surface area contributed by atoms with E-state index in [0.717, 1.165) is 35.6 Å². The van der Waals surface area contributed by atoms with E-state index in [9.17, 15) is 18.4 Å². The summed E-state index contributed by atoms with van der Waals surface area (Å²) < 4.78 is 49.4. The summed E-state index contributed by atoms with van der Waals surface area (Å²) in [6.45, 7) is 1.77. The number of anilines is 1. The normalized spacial score (nSPS) is 18.0. The van der Waals surface area contributed by atoms with Gasteiger partial charge < -0.3 is 10.1 Å². The van der Waals surface area contributed by atoms with Crippen LogP contribution in [0, 0.1) is 11.6 Å². The van der Waals surface area contributed by atoms with Crippen molar-refractivity contribution in [1.82, 2.24) is 0 Å². The van der Waals surface area contributed by atoms with E-state index in [-0.39, 0.29) is 37.3 Å². The van der Waals surface area contributed by atoms with Crippen LogP contribution in [-0.2, 0) is 16.9 Å². The van der Waals surface area contributed by atoms with Crippen molar-refractivity contribution < 1.29 is 27.5 Å². The molecule has 4 nitrogen and oxygen atoms in total. The quantitative estimate of drug-likeness (QED) is 0.487. The largest absolute Gasteiger partial charge is 0.493 e. The van der Waals surface area contributed by atoms with Gasteiger partial charge in [-0.25, -0.2) is 13.2 Å². The predicted octanol–water partition coefficient (Wildman–Crippen LogP) is 5.92. The third-order valence-electron chi connectivity index (χ3n) is 5.22. The number of fused-ring (bicyclic) bond motifs is 1. The Bertz CT molecular complexity index is 1230. The molecule has 1 N–H and O–H groups in total. The van der Waals surface area contributed by atoms with Gasteiger partial charge in [0.15, 0.2) is 11.6 Å². The maximum Gasteiger partial charge on any atom is 0.275 e. The smallest absolute Gasteiger partial charge is 0.275 e. The molecule has 0 saturated carbocycles. The van der Waals surface area contributed by atoms with Crippen molar-refractivity contribution in [3.8, 4) is 16.9 Å². The van der Waals surface area contributed by atoms with E-state index in [4.69, 9.17) is 16.3 Å². The number of ketones is 1. The fourth-order valence-corrected chi connectivity index (χ4v) is 4.98. The number of alkyl halides is 1.